The van der Waals surface area contributed by atoms with Gasteiger partial charge in [-0.05, 0) is 5.92 Å². The first-order valence-electron chi connectivity index (χ1n) is 4.43. The minimum Gasteiger partial charge on any atom is -0.490 e. The SMILES string of the molecule is COc1c(Cl)ncnc1NCC(C)C. The number of methoxy groups -OCH3 is 1. The van der Waals surface area contributed by atoms with Crippen LogP contribution in [0, 0.1) is 5.92 Å². The van der Waals surface area contributed by atoms with Crippen LogP contribution in [0.4, 0.5) is 5.82 Å². The van der Waals surface area contributed by atoms with Crippen LogP contribution in [0.3, 0.4) is 0 Å². The normalized spacial score (nSPS) is 10.4. The molecule has 0 unspecified atom stereocenters. The predicted molar refractivity (Wildman–Crippen MR) is 56.9 cm³/mol. The lowest BCUT2D eigenvalue weighted by Gasteiger charge is -2.11. The summed E-state index contributed by atoms with van der Waals surface area (Å²) in [7, 11) is 1.55. The molecule has 4 nitrogen and oxygen atoms in total. The van der Waals surface area contributed by atoms with E-state index >= 15 is 0 Å². The summed E-state index contributed by atoms with van der Waals surface area (Å²) in [6.45, 7) is 5.05. The molecule has 1 heterocycles. The Kier molecular flexibility index (Phi) is 3.95. The maximum atomic E-state index is 5.83. The van der Waals surface area contributed by atoms with Gasteiger partial charge in [-0.25, -0.2) is 9.97 Å². The zero-order valence-corrected chi connectivity index (χ0v) is 9.30. The summed E-state index contributed by atoms with van der Waals surface area (Å²) < 4.78 is 5.09. The lowest BCUT2D eigenvalue weighted by molar-refractivity contribution is 0.412. The van der Waals surface area contributed by atoms with E-state index < -0.39 is 0 Å². The van der Waals surface area contributed by atoms with Gasteiger partial charge in [0.2, 0.25) is 0 Å². The monoisotopic (exact) mass is 215 g/mol. The minimum absolute atomic E-state index is 0.328. The molecule has 14 heavy (non-hydrogen) atoms. The quantitative estimate of drug-likeness (QED) is 0.783. The third-order valence-electron chi connectivity index (χ3n) is 1.64. The van der Waals surface area contributed by atoms with E-state index in [4.69, 9.17) is 16.3 Å². The molecule has 0 bridgehead atoms. The summed E-state index contributed by atoms with van der Waals surface area (Å²) in [6, 6.07) is 0. The van der Waals surface area contributed by atoms with Gasteiger partial charge in [0, 0.05) is 6.54 Å². The summed E-state index contributed by atoms with van der Waals surface area (Å²) in [5.74, 6) is 1.67. The molecular weight excluding hydrogens is 202 g/mol. The van der Waals surface area contributed by atoms with Gasteiger partial charge in [0.05, 0.1) is 7.11 Å². The molecule has 0 amide bonds. The second-order valence-corrected chi connectivity index (χ2v) is 3.68. The van der Waals surface area contributed by atoms with Crippen molar-refractivity contribution in [1.82, 2.24) is 9.97 Å². The fourth-order valence-electron chi connectivity index (χ4n) is 0.960. The Bertz CT molecular complexity index is 304. The van der Waals surface area contributed by atoms with E-state index in [-0.39, 0.29) is 0 Å². The molecule has 0 spiro atoms. The largest absolute Gasteiger partial charge is 0.490 e. The van der Waals surface area contributed by atoms with Crippen molar-refractivity contribution in [2.75, 3.05) is 19.0 Å². The first-order chi connectivity index (χ1) is 6.65. The molecule has 0 aromatic carbocycles. The molecule has 1 aromatic heterocycles. The Balaban J connectivity index is 2.80. The van der Waals surface area contributed by atoms with Gasteiger partial charge in [0.15, 0.2) is 16.7 Å². The highest BCUT2D eigenvalue weighted by molar-refractivity contribution is 6.31. The number of nitrogens with zero attached hydrogens (tertiary/aromatic N) is 2. The van der Waals surface area contributed by atoms with Crippen molar-refractivity contribution in [3.05, 3.63) is 11.5 Å². The molecule has 1 rings (SSSR count). The lowest BCUT2D eigenvalue weighted by Crippen LogP contribution is -2.10. The summed E-state index contributed by atoms with van der Waals surface area (Å²) in [5.41, 5.74) is 0. The van der Waals surface area contributed by atoms with Gasteiger partial charge in [0.25, 0.3) is 0 Å². The maximum Gasteiger partial charge on any atom is 0.198 e. The Morgan fingerprint density at radius 3 is 2.79 bits per heavy atom. The average Bonchev–Trinajstić information content (AvgIpc) is 2.14. The third kappa shape index (κ3) is 2.73. The Hall–Kier alpha value is -1.03. The van der Waals surface area contributed by atoms with Crippen molar-refractivity contribution >= 4 is 17.4 Å². The Morgan fingerprint density at radius 1 is 1.50 bits per heavy atom. The number of ether oxygens (including phenoxy) is 1. The van der Waals surface area contributed by atoms with Crippen LogP contribution in [0.25, 0.3) is 0 Å². The molecule has 0 fully saturated rings. The van der Waals surface area contributed by atoms with E-state index in [2.05, 4.69) is 29.1 Å². The molecule has 0 aliphatic rings. The van der Waals surface area contributed by atoms with Crippen molar-refractivity contribution in [3.63, 3.8) is 0 Å². The van der Waals surface area contributed by atoms with Gasteiger partial charge < -0.3 is 10.1 Å². The predicted octanol–water partition coefficient (Wildman–Crippen LogP) is 2.21. The lowest BCUT2D eigenvalue weighted by atomic mass is 10.2. The molecule has 0 radical (unpaired) electrons. The van der Waals surface area contributed by atoms with E-state index in [0.29, 0.717) is 22.6 Å². The summed E-state index contributed by atoms with van der Waals surface area (Å²) in [6.07, 6.45) is 1.41. The highest BCUT2D eigenvalue weighted by Gasteiger charge is 2.09. The van der Waals surface area contributed by atoms with Crippen molar-refractivity contribution in [1.29, 1.82) is 0 Å². The van der Waals surface area contributed by atoms with Crippen molar-refractivity contribution < 1.29 is 4.74 Å². The number of aromatic nitrogens is 2. The molecule has 5 heteroatoms. The number of halogens is 1. The van der Waals surface area contributed by atoms with Crippen LogP contribution in [0.1, 0.15) is 13.8 Å². The zero-order chi connectivity index (χ0) is 10.6. The van der Waals surface area contributed by atoms with E-state index in [9.17, 15) is 0 Å². The van der Waals surface area contributed by atoms with Crippen LogP contribution >= 0.6 is 11.6 Å². The second kappa shape index (κ2) is 5.00. The van der Waals surface area contributed by atoms with Gasteiger partial charge >= 0.3 is 0 Å². The van der Waals surface area contributed by atoms with E-state index in [0.717, 1.165) is 6.54 Å². The highest BCUT2D eigenvalue weighted by atomic mass is 35.5. The number of rotatable bonds is 4. The van der Waals surface area contributed by atoms with Gasteiger partial charge in [-0.15, -0.1) is 0 Å². The average molecular weight is 216 g/mol. The first-order valence-corrected chi connectivity index (χ1v) is 4.81. The first kappa shape index (κ1) is 11.0. The number of hydrogen-bond acceptors (Lipinski definition) is 4. The minimum atomic E-state index is 0.328. The van der Waals surface area contributed by atoms with E-state index in [1.54, 1.807) is 7.11 Å². The van der Waals surface area contributed by atoms with Gasteiger partial charge in [-0.1, -0.05) is 25.4 Å². The van der Waals surface area contributed by atoms with Crippen LogP contribution in [-0.4, -0.2) is 23.6 Å². The standard InChI is InChI=1S/C9H14ClN3O/c1-6(2)4-11-9-7(14-3)8(10)12-5-13-9/h5-6H,4H2,1-3H3,(H,11,12,13). The molecule has 1 N–H and O–H groups in total. The van der Waals surface area contributed by atoms with E-state index in [1.807, 2.05) is 0 Å². The van der Waals surface area contributed by atoms with Crippen LogP contribution in [0.2, 0.25) is 5.15 Å². The van der Waals surface area contributed by atoms with Gasteiger partial charge in [-0.2, -0.15) is 0 Å². The topological polar surface area (TPSA) is 47.0 Å². The highest BCUT2D eigenvalue weighted by Crippen LogP contribution is 2.28. The molecule has 78 valence electrons. The molecule has 0 atom stereocenters. The molecule has 0 aliphatic heterocycles. The zero-order valence-electron chi connectivity index (χ0n) is 8.54. The van der Waals surface area contributed by atoms with E-state index in [1.165, 1.54) is 6.33 Å². The molecule has 1 aromatic rings. The molecule has 0 saturated carbocycles. The second-order valence-electron chi connectivity index (χ2n) is 3.32. The number of anilines is 1. The van der Waals surface area contributed by atoms with Crippen LogP contribution in [0.5, 0.6) is 5.75 Å². The molecule has 0 saturated heterocycles. The smallest absolute Gasteiger partial charge is 0.198 e. The summed E-state index contributed by atoms with van der Waals surface area (Å²) >= 11 is 5.83. The van der Waals surface area contributed by atoms with Crippen LogP contribution in [-0.2, 0) is 0 Å². The Morgan fingerprint density at radius 2 is 2.21 bits per heavy atom. The number of nitrogens with one attached hydrogen (secondary N) is 1. The number of hydrogen-bond donors (Lipinski definition) is 1. The Labute approximate surface area is 88.7 Å². The summed E-state index contributed by atoms with van der Waals surface area (Å²) in [4.78, 5) is 7.88. The van der Waals surface area contributed by atoms with Gasteiger partial charge in [0.1, 0.15) is 6.33 Å². The maximum absolute atomic E-state index is 5.83. The molecular formula is C9H14ClN3O. The van der Waals surface area contributed by atoms with Crippen molar-refractivity contribution in [2.24, 2.45) is 5.92 Å². The summed E-state index contributed by atoms with van der Waals surface area (Å²) in [5, 5.41) is 3.47. The fraction of sp³-hybridized carbons (Fsp3) is 0.556. The van der Waals surface area contributed by atoms with Crippen LogP contribution < -0.4 is 10.1 Å². The van der Waals surface area contributed by atoms with Gasteiger partial charge in [-0.3, -0.25) is 0 Å². The molecule has 0 aliphatic carbocycles. The third-order valence-corrected chi connectivity index (χ3v) is 1.91. The van der Waals surface area contributed by atoms with Crippen molar-refractivity contribution in [3.8, 4) is 5.75 Å². The van der Waals surface area contributed by atoms with Crippen LogP contribution in [0.15, 0.2) is 6.33 Å². The fourth-order valence-corrected chi connectivity index (χ4v) is 1.17. The van der Waals surface area contributed by atoms with Crippen molar-refractivity contribution in [2.45, 2.75) is 13.8 Å².